The highest BCUT2D eigenvalue weighted by molar-refractivity contribution is 5.69. The number of benzene rings is 2. The molecule has 0 aliphatic carbocycles. The number of rotatable bonds is 2. The lowest BCUT2D eigenvalue weighted by Gasteiger charge is -2.34. The number of nitrogens with zero attached hydrogens (tertiary/aromatic N) is 1. The van der Waals surface area contributed by atoms with Gasteiger partial charge >= 0.3 is 0 Å². The van der Waals surface area contributed by atoms with Crippen LogP contribution in [0.5, 0.6) is 5.75 Å². The topological polar surface area (TPSA) is 24.5 Å². The minimum atomic E-state index is -0.805. The largest absolute Gasteiger partial charge is 0.490 e. The van der Waals surface area contributed by atoms with Crippen LogP contribution in [0.2, 0.25) is 0 Å². The number of anilines is 1. The Hall–Kier alpha value is -2.14. The van der Waals surface area contributed by atoms with E-state index in [2.05, 4.69) is 23.2 Å². The standard InChI is InChI=1S/C20H22F2N2O/c1-13-16-5-7-23-6-4-15(16)11-19-20(13)24(8-9-25-19)12-14-2-3-17(21)18(22)10-14/h2-3,10-11,23H,4-9,12H2,1H3. The molecule has 1 N–H and O–H groups in total. The van der Waals surface area contributed by atoms with Gasteiger partial charge in [-0.2, -0.15) is 0 Å². The Morgan fingerprint density at radius 2 is 1.96 bits per heavy atom. The van der Waals surface area contributed by atoms with Gasteiger partial charge in [0.2, 0.25) is 0 Å². The highest BCUT2D eigenvalue weighted by Gasteiger charge is 2.25. The van der Waals surface area contributed by atoms with Gasteiger partial charge in [0.15, 0.2) is 11.6 Å². The zero-order chi connectivity index (χ0) is 17.4. The Morgan fingerprint density at radius 3 is 2.80 bits per heavy atom. The zero-order valence-corrected chi connectivity index (χ0v) is 14.4. The summed E-state index contributed by atoms with van der Waals surface area (Å²) >= 11 is 0. The van der Waals surface area contributed by atoms with Gasteiger partial charge < -0.3 is 15.0 Å². The Bertz CT molecular complexity index is 807. The van der Waals surface area contributed by atoms with Crippen LogP contribution in [-0.2, 0) is 19.4 Å². The molecule has 0 atom stereocenters. The summed E-state index contributed by atoms with van der Waals surface area (Å²) in [5.74, 6) is -0.692. The first-order valence-corrected chi connectivity index (χ1v) is 8.81. The highest BCUT2D eigenvalue weighted by atomic mass is 19.2. The lowest BCUT2D eigenvalue weighted by molar-refractivity contribution is 0.306. The number of hydrogen-bond acceptors (Lipinski definition) is 3. The van der Waals surface area contributed by atoms with Crippen LogP contribution in [0.1, 0.15) is 22.3 Å². The minimum absolute atomic E-state index is 0.547. The molecule has 2 aliphatic heterocycles. The molecule has 0 fully saturated rings. The first-order valence-electron chi connectivity index (χ1n) is 8.81. The SMILES string of the molecule is Cc1c2c(cc3c1N(Cc1ccc(F)c(F)c1)CCO3)CCNCC2. The molecule has 2 aliphatic rings. The molecule has 0 aromatic heterocycles. The third-order valence-corrected chi connectivity index (χ3v) is 5.15. The molecule has 2 aromatic carbocycles. The molecule has 0 bridgehead atoms. The minimum Gasteiger partial charge on any atom is -0.490 e. The summed E-state index contributed by atoms with van der Waals surface area (Å²) in [6, 6.07) is 6.30. The summed E-state index contributed by atoms with van der Waals surface area (Å²) in [7, 11) is 0. The maximum Gasteiger partial charge on any atom is 0.159 e. The molecule has 0 unspecified atom stereocenters. The van der Waals surface area contributed by atoms with Crippen LogP contribution in [-0.4, -0.2) is 26.2 Å². The van der Waals surface area contributed by atoms with Crippen LogP contribution in [0, 0.1) is 18.6 Å². The quantitative estimate of drug-likeness (QED) is 0.904. The number of nitrogens with one attached hydrogen (secondary N) is 1. The van der Waals surface area contributed by atoms with Gasteiger partial charge in [-0.15, -0.1) is 0 Å². The second-order valence-electron chi connectivity index (χ2n) is 6.75. The second-order valence-corrected chi connectivity index (χ2v) is 6.75. The van der Waals surface area contributed by atoms with Crippen LogP contribution in [0.3, 0.4) is 0 Å². The molecule has 25 heavy (non-hydrogen) atoms. The molecule has 0 saturated carbocycles. The maximum absolute atomic E-state index is 13.6. The number of fused-ring (bicyclic) bond motifs is 2. The van der Waals surface area contributed by atoms with E-state index in [4.69, 9.17) is 4.74 Å². The fourth-order valence-corrected chi connectivity index (χ4v) is 3.91. The molecule has 0 saturated heterocycles. The molecular formula is C20H22F2N2O. The number of halogens is 2. The van der Waals surface area contributed by atoms with Gasteiger partial charge in [-0.1, -0.05) is 6.07 Å². The second kappa shape index (κ2) is 6.64. The van der Waals surface area contributed by atoms with E-state index in [1.165, 1.54) is 28.8 Å². The van der Waals surface area contributed by atoms with Gasteiger partial charge in [0.1, 0.15) is 12.4 Å². The van der Waals surface area contributed by atoms with Crippen molar-refractivity contribution < 1.29 is 13.5 Å². The van der Waals surface area contributed by atoms with Crippen molar-refractivity contribution in [3.63, 3.8) is 0 Å². The van der Waals surface area contributed by atoms with E-state index in [0.29, 0.717) is 13.2 Å². The van der Waals surface area contributed by atoms with E-state index in [-0.39, 0.29) is 0 Å². The van der Waals surface area contributed by atoms with Crippen molar-refractivity contribution in [1.29, 1.82) is 0 Å². The average Bonchev–Trinajstić information content (AvgIpc) is 2.84. The van der Waals surface area contributed by atoms with Crippen molar-refractivity contribution >= 4 is 5.69 Å². The van der Waals surface area contributed by atoms with Crippen LogP contribution in [0.4, 0.5) is 14.5 Å². The molecule has 0 spiro atoms. The molecule has 0 amide bonds. The summed E-state index contributed by atoms with van der Waals surface area (Å²) in [6.07, 6.45) is 2.02. The third-order valence-electron chi connectivity index (χ3n) is 5.15. The fraction of sp³-hybridized carbons (Fsp3) is 0.400. The maximum atomic E-state index is 13.6. The number of hydrogen-bond donors (Lipinski definition) is 1. The van der Waals surface area contributed by atoms with Crippen LogP contribution in [0.25, 0.3) is 0 Å². The molecule has 5 heteroatoms. The van der Waals surface area contributed by atoms with Crippen molar-refractivity contribution in [3.05, 3.63) is 58.2 Å². The van der Waals surface area contributed by atoms with Gasteiger partial charge in [0.05, 0.1) is 12.2 Å². The molecule has 2 heterocycles. The van der Waals surface area contributed by atoms with E-state index < -0.39 is 11.6 Å². The first kappa shape index (κ1) is 16.3. The summed E-state index contributed by atoms with van der Waals surface area (Å²) in [5.41, 5.74) is 5.86. The lowest BCUT2D eigenvalue weighted by Crippen LogP contribution is -2.33. The zero-order valence-electron chi connectivity index (χ0n) is 14.4. The highest BCUT2D eigenvalue weighted by Crippen LogP contribution is 2.40. The smallest absolute Gasteiger partial charge is 0.159 e. The monoisotopic (exact) mass is 344 g/mol. The summed E-state index contributed by atoms with van der Waals surface area (Å²) < 4.78 is 32.7. The van der Waals surface area contributed by atoms with E-state index in [0.717, 1.165) is 49.5 Å². The Kier molecular flexibility index (Phi) is 4.34. The summed E-state index contributed by atoms with van der Waals surface area (Å²) in [5, 5.41) is 3.44. The van der Waals surface area contributed by atoms with E-state index in [1.807, 2.05) is 0 Å². The molecule has 132 valence electrons. The van der Waals surface area contributed by atoms with E-state index in [1.54, 1.807) is 6.07 Å². The van der Waals surface area contributed by atoms with Gasteiger partial charge in [0.25, 0.3) is 0 Å². The van der Waals surface area contributed by atoms with E-state index in [9.17, 15) is 8.78 Å². The van der Waals surface area contributed by atoms with Crippen molar-refractivity contribution in [1.82, 2.24) is 5.32 Å². The van der Waals surface area contributed by atoms with Crippen molar-refractivity contribution in [2.24, 2.45) is 0 Å². The van der Waals surface area contributed by atoms with Gasteiger partial charge in [-0.3, -0.25) is 0 Å². The van der Waals surface area contributed by atoms with Gasteiger partial charge in [-0.25, -0.2) is 8.78 Å². The average molecular weight is 344 g/mol. The predicted octanol–water partition coefficient (Wildman–Crippen LogP) is 3.36. The van der Waals surface area contributed by atoms with Crippen LogP contribution in [0.15, 0.2) is 24.3 Å². The fourth-order valence-electron chi connectivity index (χ4n) is 3.91. The predicted molar refractivity (Wildman–Crippen MR) is 94.4 cm³/mol. The lowest BCUT2D eigenvalue weighted by atomic mass is 9.94. The third kappa shape index (κ3) is 3.09. The molecule has 2 aromatic rings. The molecule has 0 radical (unpaired) electrons. The molecule has 3 nitrogen and oxygen atoms in total. The first-order chi connectivity index (χ1) is 12.1. The molecule has 4 rings (SSSR count). The van der Waals surface area contributed by atoms with Crippen LogP contribution < -0.4 is 15.0 Å². The van der Waals surface area contributed by atoms with Crippen molar-refractivity contribution in [2.75, 3.05) is 31.1 Å². The van der Waals surface area contributed by atoms with Crippen molar-refractivity contribution in [2.45, 2.75) is 26.3 Å². The van der Waals surface area contributed by atoms with Gasteiger partial charge in [0, 0.05) is 6.54 Å². The normalized spacial score (nSPS) is 16.7. The summed E-state index contributed by atoms with van der Waals surface area (Å²) in [6.45, 7) is 6.01. The van der Waals surface area contributed by atoms with Crippen LogP contribution >= 0.6 is 0 Å². The number of ether oxygens (including phenoxy) is 1. The Balaban J connectivity index is 1.71. The van der Waals surface area contributed by atoms with E-state index >= 15 is 0 Å². The summed E-state index contributed by atoms with van der Waals surface area (Å²) in [4.78, 5) is 2.22. The Morgan fingerprint density at radius 1 is 1.12 bits per heavy atom. The Labute approximate surface area is 146 Å². The van der Waals surface area contributed by atoms with Crippen molar-refractivity contribution in [3.8, 4) is 5.75 Å². The molecular weight excluding hydrogens is 322 g/mol. The van der Waals surface area contributed by atoms with Gasteiger partial charge in [-0.05, 0) is 73.3 Å².